The lowest BCUT2D eigenvalue weighted by Crippen LogP contribution is -2.21. The van der Waals surface area contributed by atoms with E-state index in [1.807, 2.05) is 12.3 Å². The summed E-state index contributed by atoms with van der Waals surface area (Å²) in [6, 6.07) is 4.31. The summed E-state index contributed by atoms with van der Waals surface area (Å²) in [4.78, 5) is 4.30. The molecule has 0 spiro atoms. The van der Waals surface area contributed by atoms with E-state index in [1.165, 1.54) is 12.1 Å². The fraction of sp³-hybridized carbons (Fsp3) is 0.308. The van der Waals surface area contributed by atoms with Crippen LogP contribution in [-0.2, 0) is 6.54 Å². The first-order valence-corrected chi connectivity index (χ1v) is 7.07. The molecular formula is C13H14ClFN2OS. The monoisotopic (exact) mass is 300 g/mol. The van der Waals surface area contributed by atoms with Crippen LogP contribution in [0.2, 0.25) is 5.02 Å². The minimum absolute atomic E-state index is 0.0576. The molecule has 2 rings (SSSR count). The van der Waals surface area contributed by atoms with Gasteiger partial charge >= 0.3 is 0 Å². The van der Waals surface area contributed by atoms with Crippen molar-refractivity contribution in [1.29, 1.82) is 0 Å². The zero-order valence-electron chi connectivity index (χ0n) is 10.4. The van der Waals surface area contributed by atoms with Crippen molar-refractivity contribution in [3.8, 4) is 0 Å². The first-order valence-electron chi connectivity index (χ1n) is 5.81. The second kappa shape index (κ2) is 6.43. The number of aliphatic hydroxyl groups excluding tert-OH is 1. The van der Waals surface area contributed by atoms with Crippen molar-refractivity contribution in [2.24, 2.45) is 0 Å². The van der Waals surface area contributed by atoms with E-state index in [9.17, 15) is 9.50 Å². The lowest BCUT2D eigenvalue weighted by atomic mass is 10.1. The van der Waals surface area contributed by atoms with E-state index >= 15 is 0 Å². The highest BCUT2D eigenvalue weighted by atomic mass is 35.5. The number of aromatic nitrogens is 1. The van der Waals surface area contributed by atoms with Crippen molar-refractivity contribution in [2.45, 2.75) is 19.6 Å². The lowest BCUT2D eigenvalue weighted by Gasteiger charge is -2.12. The average Bonchev–Trinajstić information content (AvgIpc) is 2.78. The summed E-state index contributed by atoms with van der Waals surface area (Å²) in [6.45, 7) is 2.86. The van der Waals surface area contributed by atoms with Gasteiger partial charge in [0.15, 0.2) is 0 Å². The Morgan fingerprint density at radius 2 is 2.32 bits per heavy atom. The molecule has 0 aliphatic carbocycles. The lowest BCUT2D eigenvalue weighted by molar-refractivity contribution is 0.174. The molecule has 1 aromatic heterocycles. The van der Waals surface area contributed by atoms with Gasteiger partial charge in [-0.25, -0.2) is 9.37 Å². The van der Waals surface area contributed by atoms with Crippen molar-refractivity contribution < 1.29 is 9.50 Å². The molecule has 0 radical (unpaired) electrons. The summed E-state index contributed by atoms with van der Waals surface area (Å²) in [5, 5.41) is 16.0. The maximum absolute atomic E-state index is 13.3. The van der Waals surface area contributed by atoms with Crippen LogP contribution in [0.25, 0.3) is 0 Å². The standard InChI is InChI=1S/C13H14ClFN2OS/c1-8-7-19-13(17-8)6-16-5-12(18)9-2-3-10(14)11(15)4-9/h2-4,7,12,16,18H,5-6H2,1H3/t12-/m1/s1. The van der Waals surface area contributed by atoms with Crippen molar-refractivity contribution in [3.63, 3.8) is 0 Å². The largest absolute Gasteiger partial charge is 0.387 e. The average molecular weight is 301 g/mol. The number of nitrogens with one attached hydrogen (secondary N) is 1. The smallest absolute Gasteiger partial charge is 0.142 e. The third-order valence-electron chi connectivity index (χ3n) is 2.61. The molecule has 2 N–H and O–H groups in total. The van der Waals surface area contributed by atoms with Crippen LogP contribution in [0.15, 0.2) is 23.6 Å². The van der Waals surface area contributed by atoms with Crippen LogP contribution in [0.1, 0.15) is 22.4 Å². The highest BCUT2D eigenvalue weighted by Crippen LogP contribution is 2.20. The van der Waals surface area contributed by atoms with Gasteiger partial charge in [-0.1, -0.05) is 17.7 Å². The minimum Gasteiger partial charge on any atom is -0.387 e. The van der Waals surface area contributed by atoms with Gasteiger partial charge in [-0.05, 0) is 24.6 Å². The van der Waals surface area contributed by atoms with Crippen molar-refractivity contribution in [1.82, 2.24) is 10.3 Å². The van der Waals surface area contributed by atoms with Crippen molar-refractivity contribution in [3.05, 3.63) is 50.7 Å². The number of halogens is 2. The number of thiazole rings is 1. The highest BCUT2D eigenvalue weighted by molar-refractivity contribution is 7.09. The maximum atomic E-state index is 13.3. The molecule has 0 unspecified atom stereocenters. The Kier molecular flexibility index (Phi) is 4.87. The van der Waals surface area contributed by atoms with E-state index < -0.39 is 11.9 Å². The molecular weight excluding hydrogens is 287 g/mol. The number of nitrogens with zero attached hydrogens (tertiary/aromatic N) is 1. The number of hydrogen-bond acceptors (Lipinski definition) is 4. The molecule has 0 bridgehead atoms. The molecule has 6 heteroatoms. The summed E-state index contributed by atoms with van der Waals surface area (Å²) in [5.41, 5.74) is 1.49. The second-order valence-electron chi connectivity index (χ2n) is 4.20. The summed E-state index contributed by atoms with van der Waals surface area (Å²) < 4.78 is 13.3. The number of hydrogen-bond donors (Lipinski definition) is 2. The van der Waals surface area contributed by atoms with Gasteiger partial charge in [0.25, 0.3) is 0 Å². The van der Waals surface area contributed by atoms with E-state index in [4.69, 9.17) is 11.6 Å². The van der Waals surface area contributed by atoms with Gasteiger partial charge in [-0.2, -0.15) is 0 Å². The first kappa shape index (κ1) is 14.4. The molecule has 0 aliphatic heterocycles. The Morgan fingerprint density at radius 3 is 2.95 bits per heavy atom. The zero-order valence-corrected chi connectivity index (χ0v) is 11.9. The molecule has 0 saturated heterocycles. The Balaban J connectivity index is 1.86. The number of benzene rings is 1. The van der Waals surface area contributed by atoms with Crippen LogP contribution in [0.3, 0.4) is 0 Å². The number of aryl methyl sites for hydroxylation is 1. The van der Waals surface area contributed by atoms with Gasteiger partial charge in [0.2, 0.25) is 0 Å². The fourth-order valence-electron chi connectivity index (χ4n) is 1.64. The molecule has 1 heterocycles. The van der Waals surface area contributed by atoms with Crippen LogP contribution < -0.4 is 5.32 Å². The van der Waals surface area contributed by atoms with E-state index in [0.717, 1.165) is 10.7 Å². The first-order chi connectivity index (χ1) is 9.06. The van der Waals surface area contributed by atoms with Gasteiger partial charge in [0.05, 0.1) is 11.1 Å². The normalized spacial score (nSPS) is 12.6. The summed E-state index contributed by atoms with van der Waals surface area (Å²) >= 11 is 7.16. The van der Waals surface area contributed by atoms with Gasteiger partial charge in [0.1, 0.15) is 10.8 Å². The molecule has 3 nitrogen and oxygen atoms in total. The Bertz CT molecular complexity index is 561. The van der Waals surface area contributed by atoms with Crippen LogP contribution in [0, 0.1) is 12.7 Å². The predicted molar refractivity (Wildman–Crippen MR) is 74.9 cm³/mol. The van der Waals surface area contributed by atoms with E-state index in [-0.39, 0.29) is 5.02 Å². The third kappa shape index (κ3) is 3.98. The van der Waals surface area contributed by atoms with Crippen LogP contribution in [0.4, 0.5) is 4.39 Å². The van der Waals surface area contributed by atoms with Gasteiger partial charge in [-0.3, -0.25) is 0 Å². The molecule has 0 saturated carbocycles. The molecule has 0 aliphatic rings. The topological polar surface area (TPSA) is 45.1 Å². The quantitative estimate of drug-likeness (QED) is 0.892. The zero-order chi connectivity index (χ0) is 13.8. The molecule has 1 aromatic carbocycles. The van der Waals surface area contributed by atoms with Gasteiger partial charge in [0, 0.05) is 24.2 Å². The third-order valence-corrected chi connectivity index (χ3v) is 3.88. The molecule has 102 valence electrons. The fourth-order valence-corrected chi connectivity index (χ4v) is 2.50. The van der Waals surface area contributed by atoms with Crippen LogP contribution in [0.5, 0.6) is 0 Å². The predicted octanol–water partition coefficient (Wildman–Crippen LogP) is 3.07. The van der Waals surface area contributed by atoms with Crippen LogP contribution >= 0.6 is 22.9 Å². The van der Waals surface area contributed by atoms with E-state index in [2.05, 4.69) is 10.3 Å². The minimum atomic E-state index is -0.771. The summed E-state index contributed by atoms with van der Waals surface area (Å²) in [5.74, 6) is -0.520. The Morgan fingerprint density at radius 1 is 1.53 bits per heavy atom. The molecule has 2 aromatic rings. The van der Waals surface area contributed by atoms with E-state index in [0.29, 0.717) is 18.7 Å². The van der Waals surface area contributed by atoms with E-state index in [1.54, 1.807) is 17.4 Å². The van der Waals surface area contributed by atoms with Gasteiger partial charge in [-0.15, -0.1) is 11.3 Å². The molecule has 1 atom stereocenters. The molecule has 0 fully saturated rings. The molecule has 0 amide bonds. The van der Waals surface area contributed by atoms with Crippen molar-refractivity contribution in [2.75, 3.05) is 6.54 Å². The Hall–Kier alpha value is -1.01. The van der Waals surface area contributed by atoms with Crippen molar-refractivity contribution >= 4 is 22.9 Å². The molecule has 19 heavy (non-hydrogen) atoms. The number of rotatable bonds is 5. The second-order valence-corrected chi connectivity index (χ2v) is 5.55. The SMILES string of the molecule is Cc1csc(CNC[C@@H](O)c2ccc(Cl)c(F)c2)n1. The summed E-state index contributed by atoms with van der Waals surface area (Å²) in [6.07, 6.45) is -0.771. The summed E-state index contributed by atoms with van der Waals surface area (Å²) in [7, 11) is 0. The highest BCUT2D eigenvalue weighted by Gasteiger charge is 2.10. The van der Waals surface area contributed by atoms with Crippen LogP contribution in [-0.4, -0.2) is 16.6 Å². The van der Waals surface area contributed by atoms with Gasteiger partial charge < -0.3 is 10.4 Å². The maximum Gasteiger partial charge on any atom is 0.142 e. The number of aliphatic hydroxyl groups is 1. The Labute approximate surface area is 120 Å².